The number of likely N-dealkylation sites (tertiary alicyclic amines) is 1. The molecule has 0 saturated carbocycles. The number of nitrogens with one attached hydrogen (secondary N) is 1. The molecule has 0 bridgehead atoms. The normalized spacial score (nSPS) is 18.2. The third-order valence-electron chi connectivity index (χ3n) is 7.36. The number of nitrogens with zero attached hydrogens (tertiary/aromatic N) is 2. The Morgan fingerprint density at radius 3 is 2.52 bits per heavy atom. The Morgan fingerprint density at radius 1 is 1.07 bits per heavy atom. The zero-order valence-electron chi connectivity index (χ0n) is 22.5. The van der Waals surface area contributed by atoms with Gasteiger partial charge in [0.05, 0.1) is 17.1 Å². The molecule has 1 fully saturated rings. The minimum absolute atomic E-state index is 0.100. The average Bonchev–Trinajstić information content (AvgIpc) is 3.54. The number of carbonyl (C=O) groups excluding carboxylic acids is 3. The van der Waals surface area contributed by atoms with E-state index in [0.29, 0.717) is 16.5 Å². The van der Waals surface area contributed by atoms with Gasteiger partial charge in [-0.05, 0) is 37.3 Å². The van der Waals surface area contributed by atoms with Gasteiger partial charge in [-0.1, -0.05) is 48.0 Å². The predicted molar refractivity (Wildman–Crippen MR) is 156 cm³/mol. The summed E-state index contributed by atoms with van der Waals surface area (Å²) in [6.07, 6.45) is -0.200. The van der Waals surface area contributed by atoms with E-state index < -0.39 is 37.2 Å². The monoisotopic (exact) mass is 613 g/mol. The van der Waals surface area contributed by atoms with Gasteiger partial charge in [-0.3, -0.25) is 18.9 Å². The average molecular weight is 614 g/mol. The molecule has 4 aromatic rings. The topological polar surface area (TPSA) is 109 Å². The summed E-state index contributed by atoms with van der Waals surface area (Å²) in [7, 11) is -3.99. The van der Waals surface area contributed by atoms with Crippen LogP contribution in [0.5, 0.6) is 0 Å². The van der Waals surface area contributed by atoms with Gasteiger partial charge in [0.2, 0.25) is 11.8 Å². The Labute approximate surface area is 245 Å². The number of hydrogen-bond donors (Lipinski definition) is 2. The van der Waals surface area contributed by atoms with E-state index in [0.717, 1.165) is 4.90 Å². The Morgan fingerprint density at radius 2 is 1.81 bits per heavy atom. The lowest BCUT2D eigenvalue weighted by Crippen LogP contribution is -2.46. The molecule has 218 valence electrons. The molecule has 1 aliphatic rings. The maximum absolute atomic E-state index is 14.5. The highest BCUT2D eigenvalue weighted by Gasteiger charge is 2.40. The molecule has 2 heterocycles. The highest BCUT2D eigenvalue weighted by Crippen LogP contribution is 2.39. The fourth-order valence-corrected chi connectivity index (χ4v) is 6.83. The van der Waals surface area contributed by atoms with E-state index in [9.17, 15) is 32.6 Å². The summed E-state index contributed by atoms with van der Waals surface area (Å²) in [4.78, 5) is 50.9. The lowest BCUT2D eigenvalue weighted by molar-refractivity contribution is -0.139. The lowest BCUT2D eigenvalue weighted by Gasteiger charge is -2.24. The molecular weight excluding hydrogens is 587 g/mol. The molecule has 2 amide bonds. The van der Waals surface area contributed by atoms with E-state index >= 15 is 0 Å². The standard InChI is InChI=1S/C30H27ClF2N3O5P/c1-18(37)24-16-35(26-13-22(10-11-23(24)26)42(40,41)21-7-3-2-4-8-21)17-28(38)36-15-20(32)12-27(36)30(39)34-14-19-6-5-9-25(31)29(19)33/h2-11,13,16,20,27H,12,14-15,17H2,1H3,(H,34,39)(H,40,41)/t20-,27+/m1/s1. The molecule has 3 aromatic carbocycles. The lowest BCUT2D eigenvalue weighted by atomic mass is 10.1. The Balaban J connectivity index is 1.41. The van der Waals surface area contributed by atoms with Gasteiger partial charge in [-0.25, -0.2) is 8.78 Å². The number of alkyl halides is 1. The quantitative estimate of drug-likeness (QED) is 0.230. The second-order valence-corrected chi connectivity index (χ2v) is 12.8. The Kier molecular flexibility index (Phi) is 8.32. The fourth-order valence-electron chi connectivity index (χ4n) is 5.19. The van der Waals surface area contributed by atoms with Gasteiger partial charge < -0.3 is 19.7 Å². The van der Waals surface area contributed by atoms with Crippen LogP contribution in [0.3, 0.4) is 0 Å². The van der Waals surface area contributed by atoms with Crippen LogP contribution in [0.1, 0.15) is 29.3 Å². The predicted octanol–water partition coefficient (Wildman–Crippen LogP) is 4.11. The molecule has 42 heavy (non-hydrogen) atoms. The Bertz CT molecular complexity index is 1750. The van der Waals surface area contributed by atoms with E-state index in [2.05, 4.69) is 5.32 Å². The van der Waals surface area contributed by atoms with Crippen molar-refractivity contribution in [2.75, 3.05) is 6.54 Å². The zero-order valence-corrected chi connectivity index (χ0v) is 24.1. The van der Waals surface area contributed by atoms with Gasteiger partial charge in [0.1, 0.15) is 24.6 Å². The maximum atomic E-state index is 14.5. The van der Waals surface area contributed by atoms with Gasteiger partial charge in [0.15, 0.2) is 5.78 Å². The number of fused-ring (bicyclic) bond motifs is 1. The second kappa shape index (κ2) is 11.8. The molecule has 1 aromatic heterocycles. The molecule has 0 aliphatic carbocycles. The molecule has 1 aliphatic heterocycles. The molecule has 0 spiro atoms. The number of carbonyl (C=O) groups is 3. The van der Waals surface area contributed by atoms with Crippen molar-refractivity contribution in [2.45, 2.75) is 38.6 Å². The van der Waals surface area contributed by atoms with Crippen molar-refractivity contribution in [3.05, 3.63) is 94.9 Å². The van der Waals surface area contributed by atoms with Crippen LogP contribution in [0.2, 0.25) is 5.02 Å². The minimum atomic E-state index is -3.99. The summed E-state index contributed by atoms with van der Waals surface area (Å²) in [6.45, 7) is 0.503. The number of Topliss-reactive ketones (excluding diaryl/α,β-unsaturated/α-hetero) is 1. The molecule has 2 N–H and O–H groups in total. The smallest absolute Gasteiger partial charge is 0.258 e. The summed E-state index contributed by atoms with van der Waals surface area (Å²) in [5.74, 6) is -2.18. The molecular formula is C30H27ClF2N3O5P. The zero-order chi connectivity index (χ0) is 30.2. The first-order valence-corrected chi connectivity index (χ1v) is 15.2. The minimum Gasteiger partial charge on any atom is -0.350 e. The van der Waals surface area contributed by atoms with Crippen LogP contribution in [0.25, 0.3) is 10.9 Å². The van der Waals surface area contributed by atoms with Crippen LogP contribution in [0.4, 0.5) is 8.78 Å². The molecule has 5 rings (SSSR count). The highest BCUT2D eigenvalue weighted by molar-refractivity contribution is 7.73. The third kappa shape index (κ3) is 5.75. The van der Waals surface area contributed by atoms with Gasteiger partial charge in [-0.15, -0.1) is 0 Å². The number of amides is 2. The van der Waals surface area contributed by atoms with Crippen molar-refractivity contribution >= 4 is 58.1 Å². The molecule has 3 atom stereocenters. The summed E-state index contributed by atoms with van der Waals surface area (Å²) >= 11 is 5.80. The van der Waals surface area contributed by atoms with Crippen molar-refractivity contribution in [1.29, 1.82) is 0 Å². The van der Waals surface area contributed by atoms with E-state index in [4.69, 9.17) is 11.6 Å². The molecule has 1 saturated heterocycles. The molecule has 0 radical (unpaired) electrons. The molecule has 1 unspecified atom stereocenters. The van der Waals surface area contributed by atoms with Crippen LogP contribution < -0.4 is 15.9 Å². The second-order valence-electron chi connectivity index (χ2n) is 10.2. The maximum Gasteiger partial charge on any atom is 0.258 e. The third-order valence-corrected chi connectivity index (χ3v) is 9.63. The van der Waals surface area contributed by atoms with Crippen molar-refractivity contribution in [2.24, 2.45) is 0 Å². The van der Waals surface area contributed by atoms with Crippen LogP contribution in [0, 0.1) is 5.82 Å². The van der Waals surface area contributed by atoms with E-state index in [1.807, 2.05) is 0 Å². The van der Waals surface area contributed by atoms with Crippen molar-refractivity contribution in [3.63, 3.8) is 0 Å². The first-order chi connectivity index (χ1) is 20.0. The molecule has 12 heteroatoms. The summed E-state index contributed by atoms with van der Waals surface area (Å²) < 4.78 is 43.6. The van der Waals surface area contributed by atoms with Gasteiger partial charge in [-0.2, -0.15) is 0 Å². The van der Waals surface area contributed by atoms with Gasteiger partial charge in [0.25, 0.3) is 7.37 Å². The number of rotatable bonds is 8. The Hall–Kier alpha value is -3.85. The highest BCUT2D eigenvalue weighted by atomic mass is 35.5. The van der Waals surface area contributed by atoms with E-state index in [-0.39, 0.29) is 53.0 Å². The first kappa shape index (κ1) is 29.6. The number of ketones is 1. The van der Waals surface area contributed by atoms with Crippen LogP contribution >= 0.6 is 19.0 Å². The largest absolute Gasteiger partial charge is 0.350 e. The fraction of sp³-hybridized carbons (Fsp3) is 0.233. The van der Waals surface area contributed by atoms with Gasteiger partial charge >= 0.3 is 0 Å². The van der Waals surface area contributed by atoms with Crippen LogP contribution in [-0.4, -0.2) is 50.7 Å². The number of benzene rings is 3. The van der Waals surface area contributed by atoms with Gasteiger partial charge in [0, 0.05) is 46.3 Å². The number of halogens is 3. The number of hydrogen-bond acceptors (Lipinski definition) is 4. The van der Waals surface area contributed by atoms with Crippen LogP contribution in [-0.2, 0) is 27.2 Å². The number of aromatic nitrogens is 1. The van der Waals surface area contributed by atoms with Crippen molar-refractivity contribution in [3.8, 4) is 0 Å². The van der Waals surface area contributed by atoms with Crippen molar-refractivity contribution in [1.82, 2.24) is 14.8 Å². The van der Waals surface area contributed by atoms with E-state index in [1.54, 1.807) is 36.4 Å². The van der Waals surface area contributed by atoms with Crippen LogP contribution in [0.15, 0.2) is 72.9 Å². The SMILES string of the molecule is CC(=O)c1cn(CC(=O)N2C[C@H](F)C[C@H]2C(=O)NCc2cccc(Cl)c2F)c2cc(P(=O)(O)c3ccccc3)ccc12. The summed E-state index contributed by atoms with van der Waals surface area (Å²) in [6, 6.07) is 15.9. The first-order valence-electron chi connectivity index (χ1n) is 13.1. The summed E-state index contributed by atoms with van der Waals surface area (Å²) in [5, 5.41) is 3.27. The molecule has 8 nitrogen and oxygen atoms in total. The van der Waals surface area contributed by atoms with Crippen molar-refractivity contribution < 1.29 is 32.6 Å². The summed E-state index contributed by atoms with van der Waals surface area (Å²) in [5.41, 5.74) is 0.815. The van der Waals surface area contributed by atoms with E-state index in [1.165, 1.54) is 48.0 Å².